The third-order valence-corrected chi connectivity index (χ3v) is 4.36. The zero-order valence-electron chi connectivity index (χ0n) is 11.6. The van der Waals surface area contributed by atoms with Crippen LogP contribution in [0, 0.1) is 11.3 Å². The van der Waals surface area contributed by atoms with Crippen molar-refractivity contribution in [1.29, 1.82) is 0 Å². The topological polar surface area (TPSA) is 41.6 Å². The van der Waals surface area contributed by atoms with Gasteiger partial charge in [0, 0.05) is 26.7 Å². The van der Waals surface area contributed by atoms with Gasteiger partial charge >= 0.3 is 6.18 Å². The molecule has 2 heterocycles. The highest BCUT2D eigenvalue weighted by Gasteiger charge is 2.47. The smallest absolute Gasteiger partial charge is 0.384 e. The van der Waals surface area contributed by atoms with Gasteiger partial charge in [-0.1, -0.05) is 0 Å². The van der Waals surface area contributed by atoms with Crippen molar-refractivity contribution in [2.24, 2.45) is 11.3 Å². The van der Waals surface area contributed by atoms with Crippen molar-refractivity contribution in [3.05, 3.63) is 0 Å². The van der Waals surface area contributed by atoms with Gasteiger partial charge in [-0.2, -0.15) is 13.2 Å². The van der Waals surface area contributed by atoms with Crippen LogP contribution < -0.4 is 5.32 Å². The Hall–Kier alpha value is -0.820. The number of alkyl halides is 3. The predicted molar refractivity (Wildman–Crippen MR) is 67.2 cm³/mol. The minimum absolute atomic E-state index is 0.00569. The van der Waals surface area contributed by atoms with E-state index < -0.39 is 17.5 Å². The minimum atomic E-state index is -4.14. The summed E-state index contributed by atoms with van der Waals surface area (Å²) in [7, 11) is 1.54. The number of piperidine rings is 1. The molecule has 0 aromatic rings. The van der Waals surface area contributed by atoms with Crippen molar-refractivity contribution < 1.29 is 22.7 Å². The second kappa shape index (κ2) is 5.89. The number of amides is 1. The Morgan fingerprint density at radius 1 is 1.40 bits per heavy atom. The van der Waals surface area contributed by atoms with Crippen molar-refractivity contribution in [2.45, 2.75) is 25.4 Å². The molecule has 4 nitrogen and oxygen atoms in total. The number of halogens is 3. The number of carbonyl (C=O) groups excluding carboxylic acids is 1. The molecular formula is C13H21F3N2O2. The first-order chi connectivity index (χ1) is 9.39. The summed E-state index contributed by atoms with van der Waals surface area (Å²) >= 11 is 0. The molecule has 1 amide bonds. The average molecular weight is 294 g/mol. The molecule has 1 atom stereocenters. The van der Waals surface area contributed by atoms with Crippen LogP contribution in [0.1, 0.15) is 19.3 Å². The maximum atomic E-state index is 12.6. The summed E-state index contributed by atoms with van der Waals surface area (Å²) in [5.74, 6) is -1.34. The molecule has 2 aliphatic rings. The lowest BCUT2D eigenvalue weighted by Gasteiger charge is -2.38. The van der Waals surface area contributed by atoms with E-state index in [1.165, 1.54) is 0 Å². The molecule has 116 valence electrons. The van der Waals surface area contributed by atoms with Crippen molar-refractivity contribution >= 4 is 5.91 Å². The normalized spacial score (nSPS) is 28.9. The molecule has 1 unspecified atom stereocenters. The number of nitrogens with zero attached hydrogens (tertiary/aromatic N) is 1. The molecule has 1 N–H and O–H groups in total. The molecule has 2 aliphatic heterocycles. The number of methoxy groups -OCH3 is 1. The Morgan fingerprint density at radius 3 is 2.50 bits per heavy atom. The summed E-state index contributed by atoms with van der Waals surface area (Å²) in [5, 5.41) is 3.14. The summed E-state index contributed by atoms with van der Waals surface area (Å²) in [5.41, 5.74) is -0.597. The highest BCUT2D eigenvalue weighted by atomic mass is 19.4. The van der Waals surface area contributed by atoms with Gasteiger partial charge in [-0.25, -0.2) is 0 Å². The SMILES string of the molecule is COCC1(C(=O)N2CCC(C(F)(F)F)CC2)CCNC1. The van der Waals surface area contributed by atoms with Gasteiger partial charge in [0.2, 0.25) is 5.91 Å². The molecule has 7 heteroatoms. The number of carbonyl (C=O) groups is 1. The highest BCUT2D eigenvalue weighted by molar-refractivity contribution is 5.83. The Morgan fingerprint density at radius 2 is 2.05 bits per heavy atom. The molecule has 2 saturated heterocycles. The van der Waals surface area contributed by atoms with Gasteiger partial charge in [0.05, 0.1) is 17.9 Å². The summed E-state index contributed by atoms with van der Waals surface area (Å²) in [6, 6.07) is 0. The van der Waals surface area contributed by atoms with Crippen LogP contribution >= 0.6 is 0 Å². The van der Waals surface area contributed by atoms with Crippen LogP contribution in [0.15, 0.2) is 0 Å². The maximum absolute atomic E-state index is 12.6. The molecule has 0 bridgehead atoms. The van der Waals surface area contributed by atoms with Gasteiger partial charge in [0.1, 0.15) is 0 Å². The molecule has 2 rings (SSSR count). The fraction of sp³-hybridized carbons (Fsp3) is 0.923. The van der Waals surface area contributed by atoms with Crippen LogP contribution in [0.2, 0.25) is 0 Å². The summed E-state index contributed by atoms with van der Waals surface area (Å²) in [6.45, 7) is 1.98. The fourth-order valence-corrected chi connectivity index (χ4v) is 3.13. The van der Waals surface area contributed by atoms with Crippen molar-refractivity contribution in [3.8, 4) is 0 Å². The van der Waals surface area contributed by atoms with E-state index in [0.717, 1.165) is 6.54 Å². The third kappa shape index (κ3) is 3.09. The lowest BCUT2D eigenvalue weighted by atomic mass is 9.85. The van der Waals surface area contributed by atoms with Crippen LogP contribution in [0.4, 0.5) is 13.2 Å². The summed E-state index contributed by atoms with van der Waals surface area (Å²) in [4.78, 5) is 14.2. The van der Waals surface area contributed by atoms with Gasteiger partial charge in [-0.15, -0.1) is 0 Å². The first kappa shape index (κ1) is 15.6. The van der Waals surface area contributed by atoms with E-state index >= 15 is 0 Å². The Kier molecular flexibility index (Phi) is 4.59. The second-order valence-corrected chi connectivity index (χ2v) is 5.75. The van der Waals surface area contributed by atoms with E-state index in [9.17, 15) is 18.0 Å². The number of likely N-dealkylation sites (tertiary alicyclic amines) is 1. The molecule has 2 fully saturated rings. The zero-order valence-corrected chi connectivity index (χ0v) is 11.6. The molecule has 20 heavy (non-hydrogen) atoms. The number of ether oxygens (including phenoxy) is 1. The van der Waals surface area contributed by atoms with E-state index in [-0.39, 0.29) is 31.8 Å². The standard InChI is InChI=1S/C13H21F3N2O2/c1-20-9-12(4-5-17-8-12)11(19)18-6-2-10(3-7-18)13(14,15)16/h10,17H,2-9H2,1H3. The van der Waals surface area contributed by atoms with Gasteiger partial charge in [0.25, 0.3) is 0 Å². The van der Waals surface area contributed by atoms with Crippen LogP contribution in [-0.4, -0.2) is 56.9 Å². The van der Waals surface area contributed by atoms with Crippen LogP contribution in [0.3, 0.4) is 0 Å². The van der Waals surface area contributed by atoms with E-state index in [0.29, 0.717) is 19.6 Å². The Labute approximate surface area is 116 Å². The second-order valence-electron chi connectivity index (χ2n) is 5.75. The average Bonchev–Trinajstić information content (AvgIpc) is 2.87. The van der Waals surface area contributed by atoms with Crippen molar-refractivity contribution in [1.82, 2.24) is 10.2 Å². The summed E-state index contributed by atoms with van der Waals surface area (Å²) < 4.78 is 43.0. The molecule has 0 spiro atoms. The number of nitrogens with one attached hydrogen (secondary N) is 1. The molecule has 0 saturated carbocycles. The van der Waals surface area contributed by atoms with Crippen molar-refractivity contribution in [3.63, 3.8) is 0 Å². The van der Waals surface area contributed by atoms with E-state index in [4.69, 9.17) is 4.74 Å². The number of hydrogen-bond acceptors (Lipinski definition) is 3. The largest absolute Gasteiger partial charge is 0.391 e. The molecule has 0 aromatic heterocycles. The third-order valence-electron chi connectivity index (χ3n) is 4.36. The molecular weight excluding hydrogens is 273 g/mol. The van der Waals surface area contributed by atoms with Gasteiger partial charge in [-0.05, 0) is 25.8 Å². The summed E-state index contributed by atoms with van der Waals surface area (Å²) in [6.07, 6.45) is -3.45. The fourth-order valence-electron chi connectivity index (χ4n) is 3.13. The van der Waals surface area contributed by atoms with Crippen LogP contribution in [-0.2, 0) is 9.53 Å². The minimum Gasteiger partial charge on any atom is -0.384 e. The first-order valence-corrected chi connectivity index (χ1v) is 6.95. The van der Waals surface area contributed by atoms with E-state index in [1.54, 1.807) is 12.0 Å². The van der Waals surface area contributed by atoms with Crippen LogP contribution in [0.5, 0.6) is 0 Å². The highest BCUT2D eigenvalue weighted by Crippen LogP contribution is 2.36. The first-order valence-electron chi connectivity index (χ1n) is 6.95. The Bertz CT molecular complexity index is 346. The van der Waals surface area contributed by atoms with E-state index in [1.807, 2.05) is 0 Å². The van der Waals surface area contributed by atoms with Gasteiger partial charge in [-0.3, -0.25) is 4.79 Å². The molecule has 0 aliphatic carbocycles. The lowest BCUT2D eigenvalue weighted by molar-refractivity contribution is -0.188. The Balaban J connectivity index is 1.97. The predicted octanol–water partition coefficient (Wildman–Crippen LogP) is 1.41. The van der Waals surface area contributed by atoms with Gasteiger partial charge in [0.15, 0.2) is 0 Å². The molecule has 0 radical (unpaired) electrons. The quantitative estimate of drug-likeness (QED) is 0.856. The van der Waals surface area contributed by atoms with Crippen LogP contribution in [0.25, 0.3) is 0 Å². The maximum Gasteiger partial charge on any atom is 0.391 e. The van der Waals surface area contributed by atoms with Crippen molar-refractivity contribution in [2.75, 3.05) is 39.9 Å². The molecule has 0 aromatic carbocycles. The lowest BCUT2D eigenvalue weighted by Crippen LogP contribution is -2.51. The van der Waals surface area contributed by atoms with E-state index in [2.05, 4.69) is 5.32 Å². The van der Waals surface area contributed by atoms with Gasteiger partial charge < -0.3 is 15.0 Å². The zero-order chi connectivity index (χ0) is 14.8. The number of hydrogen-bond donors (Lipinski definition) is 1. The monoisotopic (exact) mass is 294 g/mol. The number of rotatable bonds is 3.